The average molecular weight is 1240 g/mol. The number of hydrogen-bond donors (Lipinski definition) is 3. The number of halogens is 4. The Morgan fingerprint density at radius 1 is 0.551 bits per heavy atom. The van der Waals surface area contributed by atoms with Crippen LogP contribution in [-0.2, 0) is 14.3 Å². The summed E-state index contributed by atoms with van der Waals surface area (Å²) in [5.74, 6) is -1.11. The number of nitrogens with one attached hydrogen (secondary N) is 2. The van der Waals surface area contributed by atoms with Crippen molar-refractivity contribution in [2.24, 2.45) is 0 Å². The van der Waals surface area contributed by atoms with Gasteiger partial charge in [0.05, 0.1) is 34.5 Å². The molecule has 2 aliphatic rings. The minimum absolute atomic E-state index is 0. The van der Waals surface area contributed by atoms with E-state index >= 15 is 0 Å². The van der Waals surface area contributed by atoms with Gasteiger partial charge in [0.2, 0.25) is 0 Å². The molecule has 21 heteroatoms. The van der Waals surface area contributed by atoms with Crippen LogP contribution in [0.3, 0.4) is 0 Å². The van der Waals surface area contributed by atoms with E-state index in [1.807, 2.05) is 12.1 Å². The summed E-state index contributed by atoms with van der Waals surface area (Å²) in [4.78, 5) is 77.4. The van der Waals surface area contributed by atoms with Crippen LogP contribution in [0.4, 0.5) is 20.4 Å². The first kappa shape index (κ1) is 64.2. The number of rotatable bonds is 15. The van der Waals surface area contributed by atoms with E-state index in [-0.39, 0.29) is 65.9 Å². The summed E-state index contributed by atoms with van der Waals surface area (Å²) in [6.45, 7) is 4.22. The first-order chi connectivity index (χ1) is 42.3. The van der Waals surface area contributed by atoms with Gasteiger partial charge in [0.25, 0.3) is 22.9 Å². The van der Waals surface area contributed by atoms with Crippen LogP contribution in [0.1, 0.15) is 71.9 Å². The molecule has 0 radical (unpaired) electrons. The third-order valence-electron chi connectivity index (χ3n) is 16.2. The van der Waals surface area contributed by atoms with E-state index in [4.69, 9.17) is 9.47 Å². The van der Waals surface area contributed by atoms with Crippen LogP contribution in [0.25, 0.3) is 44.1 Å². The molecule has 6 aromatic carbocycles. The Balaban J connectivity index is 0.000000207. The summed E-state index contributed by atoms with van der Waals surface area (Å²) >= 11 is 0. The number of aromatic hydroxyl groups is 1. The normalized spacial score (nSPS) is 14.5. The molecule has 17 nitrogen and oxygen atoms in total. The Hall–Kier alpha value is -9.24. The average Bonchev–Trinajstić information content (AvgIpc) is 2.66. The van der Waals surface area contributed by atoms with Crippen molar-refractivity contribution in [3.63, 3.8) is 0 Å². The molecule has 2 saturated heterocycles. The van der Waals surface area contributed by atoms with Crippen molar-refractivity contribution in [3.8, 4) is 33.8 Å². The summed E-state index contributed by atoms with van der Waals surface area (Å²) in [6, 6.07) is 42.2. The van der Waals surface area contributed by atoms with E-state index in [0.717, 1.165) is 96.9 Å². The van der Waals surface area contributed by atoms with Crippen molar-refractivity contribution < 1.29 is 33.0 Å². The second-order valence-electron chi connectivity index (χ2n) is 21.9. The third kappa shape index (κ3) is 14.9. The maximum Gasteiger partial charge on any atom is 0.262 e. The number of pyridine rings is 2. The standard InChI is InChI=1S/C35H34FN5O4.C33H30FN5O3.2ClH/c1-40-17-14-25(15-18-40)23-6-8-24(9-7-23)26-10-12-30-28(19-26)35(43)41(21-38-30)33(34(42)39-32-5-3-4-16-37-32)29-20-27(36)11-13-31(29)45-22-44-2;1-38-16-13-23(14-17-38)21-5-7-22(8-6-21)24-9-11-28-26(18-24)33(42)39(20-36-28)31(27-19-25(34)10-12-29(27)40)32(41)37-30-4-2-3-15-35-30;;/h3-13,16,19-21,25,33H,14-15,17-18,22H2,1-2H3,(H,37,39,42);2-12,15,18-20,23,31,40H,13-14,16-17H2,1H3,(H,35,37,41);2*1H. The van der Waals surface area contributed by atoms with Crippen LogP contribution < -0.4 is 26.5 Å². The van der Waals surface area contributed by atoms with E-state index in [9.17, 15) is 33.1 Å². The molecule has 2 amide bonds. The molecule has 2 fully saturated rings. The third-order valence-corrected chi connectivity index (χ3v) is 16.2. The highest BCUT2D eigenvalue weighted by Crippen LogP contribution is 2.35. The maximum atomic E-state index is 14.7. The molecule has 6 heterocycles. The number of hydrogen-bond acceptors (Lipinski definition) is 13. The number of phenolic OH excluding ortho intramolecular Hbond substituents is 1. The summed E-state index contributed by atoms with van der Waals surface area (Å²) in [5.41, 5.74) is 6.24. The second kappa shape index (κ2) is 29.2. The number of amides is 2. The topological polar surface area (TPSA) is 199 Å². The quantitative estimate of drug-likeness (QED) is 0.0820. The Bertz CT molecular complexity index is 4210. The molecule has 89 heavy (non-hydrogen) atoms. The van der Waals surface area contributed by atoms with Gasteiger partial charge in [-0.15, -0.1) is 24.8 Å². The van der Waals surface area contributed by atoms with Gasteiger partial charge >= 0.3 is 0 Å². The molecule has 12 rings (SSSR count). The molecule has 4 aromatic heterocycles. The largest absolute Gasteiger partial charge is 0.508 e. The predicted molar refractivity (Wildman–Crippen MR) is 345 cm³/mol. The number of carbonyl (C=O) groups excluding carboxylic acids is 2. The number of piperidine rings is 2. The van der Waals surface area contributed by atoms with Crippen molar-refractivity contribution in [1.29, 1.82) is 0 Å². The zero-order valence-corrected chi connectivity index (χ0v) is 50.7. The van der Waals surface area contributed by atoms with E-state index < -0.39 is 46.7 Å². The molecule has 10 aromatic rings. The lowest BCUT2D eigenvalue weighted by atomic mass is 9.88. The summed E-state index contributed by atoms with van der Waals surface area (Å²) in [5, 5.41) is 16.6. The molecule has 458 valence electrons. The van der Waals surface area contributed by atoms with Crippen molar-refractivity contribution >= 4 is 70.1 Å². The Morgan fingerprint density at radius 3 is 1.42 bits per heavy atom. The number of phenols is 1. The lowest BCUT2D eigenvalue weighted by Gasteiger charge is -2.29. The fraction of sp³-hybridized carbons (Fsp3) is 0.235. The number of ether oxygens (including phenoxy) is 2. The van der Waals surface area contributed by atoms with Crippen LogP contribution in [0, 0.1) is 11.6 Å². The van der Waals surface area contributed by atoms with Gasteiger partial charge in [-0.25, -0.2) is 28.7 Å². The monoisotopic (exact) mass is 1240 g/mol. The highest BCUT2D eigenvalue weighted by molar-refractivity contribution is 5.97. The van der Waals surface area contributed by atoms with Gasteiger partial charge in [0, 0.05) is 30.6 Å². The lowest BCUT2D eigenvalue weighted by molar-refractivity contribution is -0.119. The number of aromatic nitrogens is 6. The van der Waals surface area contributed by atoms with E-state index in [0.29, 0.717) is 33.6 Å². The van der Waals surface area contributed by atoms with Crippen LogP contribution in [0.15, 0.2) is 192 Å². The summed E-state index contributed by atoms with van der Waals surface area (Å²) in [6.07, 6.45) is 10.1. The van der Waals surface area contributed by atoms with Gasteiger partial charge in [-0.3, -0.25) is 28.3 Å². The van der Waals surface area contributed by atoms with Gasteiger partial charge in [-0.2, -0.15) is 0 Å². The van der Waals surface area contributed by atoms with Crippen molar-refractivity contribution in [2.75, 3.05) is 64.8 Å². The number of anilines is 2. The van der Waals surface area contributed by atoms with Crippen molar-refractivity contribution in [3.05, 3.63) is 237 Å². The Kier molecular flexibility index (Phi) is 21.1. The second-order valence-corrected chi connectivity index (χ2v) is 21.9. The molecule has 0 saturated carbocycles. The fourth-order valence-electron chi connectivity index (χ4n) is 11.4. The Labute approximate surface area is 524 Å². The highest BCUT2D eigenvalue weighted by Gasteiger charge is 2.31. The number of fused-ring (bicyclic) bond motifs is 2. The Morgan fingerprint density at radius 2 is 0.978 bits per heavy atom. The molecular formula is C68H66Cl2F2N10O7. The van der Waals surface area contributed by atoms with Gasteiger partial charge in [-0.1, -0.05) is 72.8 Å². The number of carbonyl (C=O) groups is 2. The SMILES string of the molecule is CN1CCC(c2ccc(-c3ccc4ncn(C(C(=O)Nc5ccccn5)c5cc(F)ccc5O)c(=O)c4c3)cc2)CC1.COCOc1ccc(F)cc1C(C(=O)Nc1ccccn1)n1cnc2ccc(-c3ccc(C4CCN(C)CC4)cc3)cc2c1=O.Cl.Cl. The molecule has 0 spiro atoms. The van der Waals surface area contributed by atoms with Crippen molar-refractivity contribution in [2.45, 2.75) is 49.6 Å². The zero-order valence-electron chi connectivity index (χ0n) is 49.0. The van der Waals surface area contributed by atoms with Crippen LogP contribution in [-0.4, -0.2) is 110 Å². The van der Waals surface area contributed by atoms with Gasteiger partial charge in [0.1, 0.15) is 46.9 Å². The van der Waals surface area contributed by atoms with E-state index in [1.54, 1.807) is 60.7 Å². The van der Waals surface area contributed by atoms with Crippen molar-refractivity contribution in [1.82, 2.24) is 38.9 Å². The minimum Gasteiger partial charge on any atom is -0.508 e. The molecular weight excluding hydrogens is 1180 g/mol. The minimum atomic E-state index is -1.41. The number of nitrogens with zero attached hydrogens (tertiary/aromatic N) is 8. The molecule has 0 aliphatic carbocycles. The first-order valence-corrected chi connectivity index (χ1v) is 28.7. The predicted octanol–water partition coefficient (Wildman–Crippen LogP) is 11.8. The fourth-order valence-corrected chi connectivity index (χ4v) is 11.4. The zero-order chi connectivity index (χ0) is 60.6. The lowest BCUT2D eigenvalue weighted by Crippen LogP contribution is -2.35. The first-order valence-electron chi connectivity index (χ1n) is 28.7. The molecule has 2 atom stereocenters. The summed E-state index contributed by atoms with van der Waals surface area (Å²) < 4.78 is 42.0. The summed E-state index contributed by atoms with van der Waals surface area (Å²) in [7, 11) is 5.76. The molecule has 2 aliphatic heterocycles. The van der Waals surface area contributed by atoms with E-state index in [2.05, 4.69) is 103 Å². The molecule has 0 bridgehead atoms. The highest BCUT2D eigenvalue weighted by atomic mass is 35.5. The van der Waals surface area contributed by atoms with Crippen LogP contribution in [0.2, 0.25) is 0 Å². The van der Waals surface area contributed by atoms with Gasteiger partial charge in [-0.05, 0) is 196 Å². The number of methoxy groups -OCH3 is 1. The maximum absolute atomic E-state index is 14.7. The van der Waals surface area contributed by atoms with Gasteiger partial charge in [0.15, 0.2) is 6.79 Å². The molecule has 3 N–H and O–H groups in total. The van der Waals surface area contributed by atoms with Gasteiger partial charge < -0.3 is 35.0 Å². The molecule has 2 unspecified atom stereocenters. The van der Waals surface area contributed by atoms with E-state index in [1.165, 1.54) is 66.1 Å². The van der Waals surface area contributed by atoms with Crippen LogP contribution in [0.5, 0.6) is 11.5 Å². The van der Waals surface area contributed by atoms with Crippen LogP contribution >= 0.6 is 24.8 Å². The number of benzene rings is 6. The smallest absolute Gasteiger partial charge is 0.262 e. The number of likely N-dealkylation sites (tertiary alicyclic amines) is 2.